The summed E-state index contributed by atoms with van der Waals surface area (Å²) in [6, 6.07) is 4.74. The molecule has 0 aliphatic rings. The topological polar surface area (TPSA) is 43.8 Å². The summed E-state index contributed by atoms with van der Waals surface area (Å²) in [4.78, 5) is 4.15. The summed E-state index contributed by atoms with van der Waals surface area (Å²) < 4.78 is 15.1. The molecule has 0 unspecified atom stereocenters. The van der Waals surface area contributed by atoms with Crippen LogP contribution in [0.1, 0.15) is 11.4 Å². The van der Waals surface area contributed by atoms with Crippen molar-refractivity contribution in [2.75, 3.05) is 6.54 Å². The summed E-state index contributed by atoms with van der Waals surface area (Å²) in [6.07, 6.45) is 4.25. The van der Waals surface area contributed by atoms with Gasteiger partial charge in [0.15, 0.2) is 0 Å². The van der Waals surface area contributed by atoms with Gasteiger partial charge in [0.05, 0.1) is 5.69 Å². The molecule has 0 amide bonds. The Morgan fingerprint density at radius 3 is 2.88 bits per heavy atom. The molecule has 84 valence electrons. The van der Waals surface area contributed by atoms with Crippen molar-refractivity contribution < 1.29 is 4.39 Å². The quantitative estimate of drug-likeness (QED) is 0.855. The van der Waals surface area contributed by atoms with Crippen molar-refractivity contribution in [3.63, 3.8) is 0 Å². The van der Waals surface area contributed by atoms with E-state index in [2.05, 4.69) is 4.98 Å². The number of imidazole rings is 1. The van der Waals surface area contributed by atoms with E-state index in [1.807, 2.05) is 17.7 Å². The number of nitrogens with zero attached hydrogens (tertiary/aromatic N) is 2. The van der Waals surface area contributed by atoms with Gasteiger partial charge in [0.25, 0.3) is 0 Å². The molecular formula is C12H14FN3. The van der Waals surface area contributed by atoms with Gasteiger partial charge in [0.2, 0.25) is 0 Å². The standard InChI is InChI=1S/C12H14FN3/c1-9-15-6-7-16(9)12-3-2-11(13)8-10(12)4-5-14/h2-3,6-8H,4-5,14H2,1H3. The normalized spacial score (nSPS) is 10.7. The lowest BCUT2D eigenvalue weighted by Gasteiger charge is -2.11. The molecule has 2 N–H and O–H groups in total. The summed E-state index contributed by atoms with van der Waals surface area (Å²) in [5.74, 6) is 0.648. The van der Waals surface area contributed by atoms with Gasteiger partial charge in [0, 0.05) is 12.4 Å². The van der Waals surface area contributed by atoms with E-state index in [-0.39, 0.29) is 5.82 Å². The van der Waals surface area contributed by atoms with Crippen LogP contribution in [0.4, 0.5) is 4.39 Å². The van der Waals surface area contributed by atoms with Gasteiger partial charge in [-0.05, 0) is 43.7 Å². The van der Waals surface area contributed by atoms with Gasteiger partial charge < -0.3 is 10.3 Å². The van der Waals surface area contributed by atoms with Crippen LogP contribution in [0.3, 0.4) is 0 Å². The fourth-order valence-corrected chi connectivity index (χ4v) is 1.78. The van der Waals surface area contributed by atoms with Gasteiger partial charge in [-0.3, -0.25) is 0 Å². The fraction of sp³-hybridized carbons (Fsp3) is 0.250. The van der Waals surface area contributed by atoms with Crippen LogP contribution in [0.5, 0.6) is 0 Å². The zero-order valence-corrected chi connectivity index (χ0v) is 9.15. The molecule has 0 atom stereocenters. The van der Waals surface area contributed by atoms with Crippen LogP contribution in [0, 0.1) is 12.7 Å². The maximum Gasteiger partial charge on any atom is 0.123 e. The number of rotatable bonds is 3. The van der Waals surface area contributed by atoms with Crippen LogP contribution in [0.15, 0.2) is 30.6 Å². The summed E-state index contributed by atoms with van der Waals surface area (Å²) in [6.45, 7) is 2.42. The molecule has 2 aromatic rings. The second kappa shape index (κ2) is 4.45. The predicted octanol–water partition coefficient (Wildman–Crippen LogP) is 1.82. The molecule has 0 aliphatic heterocycles. The van der Waals surface area contributed by atoms with E-state index in [4.69, 9.17) is 5.73 Å². The second-order valence-corrected chi connectivity index (χ2v) is 3.66. The highest BCUT2D eigenvalue weighted by molar-refractivity contribution is 5.42. The lowest BCUT2D eigenvalue weighted by Crippen LogP contribution is -2.07. The Hall–Kier alpha value is -1.68. The zero-order chi connectivity index (χ0) is 11.5. The SMILES string of the molecule is Cc1nccn1-c1ccc(F)cc1CCN. The number of halogens is 1. The van der Waals surface area contributed by atoms with E-state index in [1.54, 1.807) is 12.3 Å². The van der Waals surface area contributed by atoms with Crippen molar-refractivity contribution in [3.8, 4) is 5.69 Å². The highest BCUT2D eigenvalue weighted by Crippen LogP contribution is 2.18. The minimum absolute atomic E-state index is 0.232. The molecule has 0 saturated carbocycles. The monoisotopic (exact) mass is 219 g/mol. The molecule has 4 heteroatoms. The number of benzene rings is 1. The van der Waals surface area contributed by atoms with E-state index >= 15 is 0 Å². The Morgan fingerprint density at radius 1 is 1.44 bits per heavy atom. The Kier molecular flexibility index (Phi) is 3.01. The first kappa shape index (κ1) is 10.8. The van der Waals surface area contributed by atoms with E-state index < -0.39 is 0 Å². The summed E-state index contributed by atoms with van der Waals surface area (Å²) in [5, 5.41) is 0. The Labute approximate surface area is 93.7 Å². The van der Waals surface area contributed by atoms with Gasteiger partial charge >= 0.3 is 0 Å². The van der Waals surface area contributed by atoms with Gasteiger partial charge in [-0.15, -0.1) is 0 Å². The summed E-state index contributed by atoms with van der Waals surface area (Å²) >= 11 is 0. The molecule has 2 rings (SSSR count). The molecule has 1 heterocycles. The molecule has 1 aromatic carbocycles. The van der Waals surface area contributed by atoms with Crippen molar-refractivity contribution in [3.05, 3.63) is 47.8 Å². The van der Waals surface area contributed by atoms with Crippen molar-refractivity contribution in [1.29, 1.82) is 0 Å². The van der Waals surface area contributed by atoms with Crippen molar-refractivity contribution in [1.82, 2.24) is 9.55 Å². The zero-order valence-electron chi connectivity index (χ0n) is 9.15. The van der Waals surface area contributed by atoms with E-state index in [1.165, 1.54) is 12.1 Å². The first-order valence-corrected chi connectivity index (χ1v) is 5.21. The first-order valence-electron chi connectivity index (χ1n) is 5.21. The van der Waals surface area contributed by atoms with E-state index in [0.29, 0.717) is 13.0 Å². The molecule has 0 radical (unpaired) electrons. The molecule has 3 nitrogen and oxygen atoms in total. The van der Waals surface area contributed by atoms with Gasteiger partial charge in [0.1, 0.15) is 11.6 Å². The highest BCUT2D eigenvalue weighted by Gasteiger charge is 2.07. The van der Waals surface area contributed by atoms with Crippen LogP contribution in [0.2, 0.25) is 0 Å². The van der Waals surface area contributed by atoms with Gasteiger partial charge in [-0.1, -0.05) is 0 Å². The van der Waals surface area contributed by atoms with E-state index in [9.17, 15) is 4.39 Å². The number of hydrogen-bond acceptors (Lipinski definition) is 2. The van der Waals surface area contributed by atoms with Crippen molar-refractivity contribution in [2.45, 2.75) is 13.3 Å². The average molecular weight is 219 g/mol. The molecule has 16 heavy (non-hydrogen) atoms. The van der Waals surface area contributed by atoms with Crippen LogP contribution in [-0.4, -0.2) is 16.1 Å². The minimum Gasteiger partial charge on any atom is -0.330 e. The van der Waals surface area contributed by atoms with Crippen LogP contribution >= 0.6 is 0 Å². The largest absolute Gasteiger partial charge is 0.330 e. The minimum atomic E-state index is -0.232. The summed E-state index contributed by atoms with van der Waals surface area (Å²) in [7, 11) is 0. The predicted molar refractivity (Wildman–Crippen MR) is 61.0 cm³/mol. The second-order valence-electron chi connectivity index (χ2n) is 3.66. The van der Waals surface area contributed by atoms with Gasteiger partial charge in [-0.25, -0.2) is 9.37 Å². The molecular weight excluding hydrogens is 205 g/mol. The molecule has 0 saturated heterocycles. The molecule has 0 fully saturated rings. The third kappa shape index (κ3) is 1.97. The lowest BCUT2D eigenvalue weighted by molar-refractivity contribution is 0.624. The average Bonchev–Trinajstić information content (AvgIpc) is 2.65. The Morgan fingerprint density at radius 2 is 2.25 bits per heavy atom. The van der Waals surface area contributed by atoms with Crippen LogP contribution in [-0.2, 0) is 6.42 Å². The molecule has 0 aliphatic carbocycles. The molecule has 0 spiro atoms. The number of hydrogen-bond donors (Lipinski definition) is 1. The smallest absolute Gasteiger partial charge is 0.123 e. The first-order chi connectivity index (χ1) is 7.72. The number of nitrogens with two attached hydrogens (primary N) is 1. The third-order valence-corrected chi connectivity index (χ3v) is 2.54. The van der Waals surface area contributed by atoms with Crippen molar-refractivity contribution >= 4 is 0 Å². The lowest BCUT2D eigenvalue weighted by atomic mass is 10.1. The summed E-state index contributed by atoms with van der Waals surface area (Å²) in [5.41, 5.74) is 7.38. The number of aryl methyl sites for hydroxylation is 1. The maximum atomic E-state index is 13.1. The van der Waals surface area contributed by atoms with Crippen LogP contribution in [0.25, 0.3) is 5.69 Å². The van der Waals surface area contributed by atoms with Crippen molar-refractivity contribution in [2.24, 2.45) is 5.73 Å². The van der Waals surface area contributed by atoms with Gasteiger partial charge in [-0.2, -0.15) is 0 Å². The fourth-order valence-electron chi connectivity index (χ4n) is 1.78. The molecule has 0 bridgehead atoms. The third-order valence-electron chi connectivity index (χ3n) is 2.54. The maximum absolute atomic E-state index is 13.1. The molecule has 1 aromatic heterocycles. The highest BCUT2D eigenvalue weighted by atomic mass is 19.1. The Balaban J connectivity index is 2.51. The van der Waals surface area contributed by atoms with Crippen LogP contribution < -0.4 is 5.73 Å². The number of aromatic nitrogens is 2. The van der Waals surface area contributed by atoms with E-state index in [0.717, 1.165) is 17.1 Å². The Bertz CT molecular complexity index is 491.